The van der Waals surface area contributed by atoms with Crippen LogP contribution in [-0.2, 0) is 4.79 Å². The summed E-state index contributed by atoms with van der Waals surface area (Å²) in [7, 11) is 0. The van der Waals surface area contributed by atoms with Gasteiger partial charge in [0.1, 0.15) is 0 Å². The number of Topliss-reactive ketones (excluding diaryl/α,β-unsaturated/α-hetero) is 1. The Balaban J connectivity index is 2.01. The Labute approximate surface area is 133 Å². The van der Waals surface area contributed by atoms with Gasteiger partial charge in [-0.15, -0.1) is 5.92 Å². The van der Waals surface area contributed by atoms with E-state index < -0.39 is 5.97 Å². The highest BCUT2D eigenvalue weighted by molar-refractivity contribution is 6.33. The number of aromatic nitrogens is 1. The molecule has 4 nitrogen and oxygen atoms in total. The van der Waals surface area contributed by atoms with E-state index in [-0.39, 0.29) is 25.0 Å². The van der Waals surface area contributed by atoms with Gasteiger partial charge in [-0.1, -0.05) is 35.7 Å². The first-order valence-electron chi connectivity index (χ1n) is 6.72. The second-order valence-corrected chi connectivity index (χ2v) is 5.02. The Morgan fingerprint density at radius 3 is 2.64 bits per heavy atom. The molecular formula is C17H14ClNO3. The van der Waals surface area contributed by atoms with Crippen molar-refractivity contribution in [3.05, 3.63) is 47.1 Å². The average Bonchev–Trinajstić information content (AvgIpc) is 2.96. The van der Waals surface area contributed by atoms with Crippen molar-refractivity contribution in [1.82, 2.24) is 4.98 Å². The molecule has 5 heteroatoms. The number of rotatable bonds is 5. The molecule has 22 heavy (non-hydrogen) atoms. The van der Waals surface area contributed by atoms with Gasteiger partial charge < -0.3 is 10.1 Å². The number of aromatic amines is 1. The summed E-state index contributed by atoms with van der Waals surface area (Å²) in [4.78, 5) is 25.4. The molecule has 0 aliphatic rings. The Hall–Kier alpha value is -2.51. The first-order chi connectivity index (χ1) is 10.6. The second kappa shape index (κ2) is 7.48. The molecule has 2 N–H and O–H groups in total. The molecular weight excluding hydrogens is 302 g/mol. The summed E-state index contributed by atoms with van der Waals surface area (Å²) in [5.41, 5.74) is 2.06. The molecule has 0 amide bonds. The fraction of sp³-hybridized carbons (Fsp3) is 0.176. The quantitative estimate of drug-likeness (QED) is 0.651. The number of benzene rings is 1. The van der Waals surface area contributed by atoms with E-state index in [1.807, 2.05) is 18.2 Å². The number of carbonyl (C=O) groups excluding carboxylic acids is 1. The number of nitrogens with one attached hydrogen (secondary N) is 1. The fourth-order valence-electron chi connectivity index (χ4n) is 1.89. The predicted molar refractivity (Wildman–Crippen MR) is 84.8 cm³/mol. The molecule has 1 aromatic heterocycles. The lowest BCUT2D eigenvalue weighted by Gasteiger charge is -2.00. The lowest BCUT2D eigenvalue weighted by Crippen LogP contribution is -1.98. The molecule has 0 radical (unpaired) electrons. The van der Waals surface area contributed by atoms with Crippen LogP contribution in [-0.4, -0.2) is 21.8 Å². The van der Waals surface area contributed by atoms with Crippen LogP contribution in [0.2, 0.25) is 5.02 Å². The topological polar surface area (TPSA) is 70.2 Å². The van der Waals surface area contributed by atoms with Gasteiger partial charge in [0, 0.05) is 22.7 Å². The number of hydrogen-bond acceptors (Lipinski definition) is 2. The third-order valence-electron chi connectivity index (χ3n) is 2.99. The van der Waals surface area contributed by atoms with Gasteiger partial charge in [-0.3, -0.25) is 9.59 Å². The molecule has 0 spiro atoms. The molecule has 1 aromatic carbocycles. The number of halogens is 1. The van der Waals surface area contributed by atoms with E-state index in [0.29, 0.717) is 10.7 Å². The lowest BCUT2D eigenvalue weighted by atomic mass is 10.2. The van der Waals surface area contributed by atoms with Gasteiger partial charge in [0.25, 0.3) is 0 Å². The van der Waals surface area contributed by atoms with Gasteiger partial charge in [-0.2, -0.15) is 0 Å². The van der Waals surface area contributed by atoms with Crippen LogP contribution < -0.4 is 0 Å². The van der Waals surface area contributed by atoms with Gasteiger partial charge in [-0.05, 0) is 18.2 Å². The van der Waals surface area contributed by atoms with Crippen LogP contribution in [0.3, 0.4) is 0 Å². The van der Waals surface area contributed by atoms with E-state index in [1.54, 1.807) is 18.2 Å². The first kappa shape index (κ1) is 15.9. The summed E-state index contributed by atoms with van der Waals surface area (Å²) in [5.74, 6) is 4.34. The molecule has 0 saturated heterocycles. The van der Waals surface area contributed by atoms with Crippen LogP contribution >= 0.6 is 11.6 Å². The highest BCUT2D eigenvalue weighted by Crippen LogP contribution is 2.26. The van der Waals surface area contributed by atoms with Crippen molar-refractivity contribution >= 4 is 23.4 Å². The molecule has 2 rings (SSSR count). The molecule has 0 aliphatic heterocycles. The molecule has 0 fully saturated rings. The Morgan fingerprint density at radius 2 is 1.91 bits per heavy atom. The van der Waals surface area contributed by atoms with Crippen LogP contribution in [0.5, 0.6) is 0 Å². The zero-order chi connectivity index (χ0) is 15.9. The van der Waals surface area contributed by atoms with Crippen LogP contribution in [0, 0.1) is 11.8 Å². The molecule has 112 valence electrons. The number of aliphatic carboxylic acids is 1. The molecule has 0 aliphatic carbocycles. The van der Waals surface area contributed by atoms with Crippen LogP contribution in [0.25, 0.3) is 11.3 Å². The van der Waals surface area contributed by atoms with Crippen LogP contribution in [0.4, 0.5) is 0 Å². The first-order valence-corrected chi connectivity index (χ1v) is 7.10. The van der Waals surface area contributed by atoms with Crippen molar-refractivity contribution in [2.45, 2.75) is 19.3 Å². The van der Waals surface area contributed by atoms with E-state index in [9.17, 15) is 9.59 Å². The maximum atomic E-state index is 12.0. The van der Waals surface area contributed by atoms with Crippen molar-refractivity contribution in [3.8, 4) is 23.1 Å². The molecule has 0 saturated carbocycles. The summed E-state index contributed by atoms with van der Waals surface area (Å²) in [5, 5.41) is 9.09. The largest absolute Gasteiger partial charge is 0.481 e. The number of H-pyrrole nitrogens is 1. The zero-order valence-corrected chi connectivity index (χ0v) is 12.5. The standard InChI is InChI=1S/C17H14ClNO3/c18-13-7-5-4-6-12(13)14-10-11-15(19-14)16(20)8-2-1-3-9-17(21)22/h4-7,10-11,19H,3,8-9H2,(H,21,22). The summed E-state index contributed by atoms with van der Waals surface area (Å²) in [6.07, 6.45) is 0.292. The van der Waals surface area contributed by atoms with E-state index in [0.717, 1.165) is 11.3 Å². The van der Waals surface area contributed by atoms with Gasteiger partial charge in [0.2, 0.25) is 0 Å². The number of carboxylic acid groups (broad SMARTS) is 1. The smallest absolute Gasteiger partial charge is 0.304 e. The fourth-order valence-corrected chi connectivity index (χ4v) is 2.13. The minimum atomic E-state index is -0.894. The third-order valence-corrected chi connectivity index (χ3v) is 3.32. The minimum Gasteiger partial charge on any atom is -0.481 e. The van der Waals surface area contributed by atoms with E-state index >= 15 is 0 Å². The third kappa shape index (κ3) is 4.24. The SMILES string of the molecule is O=C(O)CCC#CCC(=O)c1ccc(-c2ccccc2Cl)[nH]1. The molecule has 0 atom stereocenters. The van der Waals surface area contributed by atoms with Gasteiger partial charge in [0.15, 0.2) is 5.78 Å². The van der Waals surface area contributed by atoms with Crippen LogP contribution in [0.1, 0.15) is 29.8 Å². The van der Waals surface area contributed by atoms with Crippen LogP contribution in [0.15, 0.2) is 36.4 Å². The zero-order valence-electron chi connectivity index (χ0n) is 11.7. The number of carboxylic acids is 1. The summed E-state index contributed by atoms with van der Waals surface area (Å²) in [6, 6.07) is 10.9. The Kier molecular flexibility index (Phi) is 5.40. The summed E-state index contributed by atoms with van der Waals surface area (Å²) in [6.45, 7) is 0. The number of carbonyl (C=O) groups is 2. The average molecular weight is 316 g/mol. The monoisotopic (exact) mass is 315 g/mol. The highest BCUT2D eigenvalue weighted by Gasteiger charge is 2.09. The summed E-state index contributed by atoms with van der Waals surface area (Å²) >= 11 is 6.12. The Bertz CT molecular complexity index is 753. The highest BCUT2D eigenvalue weighted by atomic mass is 35.5. The predicted octanol–water partition coefficient (Wildman–Crippen LogP) is 3.78. The molecule has 2 aromatic rings. The maximum absolute atomic E-state index is 12.0. The molecule has 0 bridgehead atoms. The van der Waals surface area contributed by atoms with Crippen molar-refractivity contribution < 1.29 is 14.7 Å². The summed E-state index contributed by atoms with van der Waals surface area (Å²) < 4.78 is 0. The van der Waals surface area contributed by atoms with Crippen molar-refractivity contribution in [2.75, 3.05) is 0 Å². The number of ketones is 1. The minimum absolute atomic E-state index is 0.0135. The van der Waals surface area contributed by atoms with Gasteiger partial charge in [0.05, 0.1) is 18.5 Å². The Morgan fingerprint density at radius 1 is 1.14 bits per heavy atom. The van der Waals surface area contributed by atoms with E-state index in [1.165, 1.54) is 0 Å². The normalized spacial score (nSPS) is 9.86. The van der Waals surface area contributed by atoms with E-state index in [2.05, 4.69) is 16.8 Å². The lowest BCUT2D eigenvalue weighted by molar-refractivity contribution is -0.136. The number of hydrogen-bond donors (Lipinski definition) is 2. The van der Waals surface area contributed by atoms with Crippen molar-refractivity contribution in [3.63, 3.8) is 0 Å². The maximum Gasteiger partial charge on any atom is 0.304 e. The molecule has 1 heterocycles. The molecule has 0 unspecified atom stereocenters. The van der Waals surface area contributed by atoms with Gasteiger partial charge >= 0.3 is 5.97 Å². The van der Waals surface area contributed by atoms with Crippen molar-refractivity contribution in [1.29, 1.82) is 0 Å². The van der Waals surface area contributed by atoms with Crippen molar-refractivity contribution in [2.24, 2.45) is 0 Å². The second-order valence-electron chi connectivity index (χ2n) is 4.61. The van der Waals surface area contributed by atoms with E-state index in [4.69, 9.17) is 16.7 Å². The van der Waals surface area contributed by atoms with Gasteiger partial charge in [-0.25, -0.2) is 0 Å².